The monoisotopic (exact) mass is 399 g/mol. The van der Waals surface area contributed by atoms with E-state index in [4.69, 9.17) is 0 Å². The molecule has 1 unspecified atom stereocenters. The van der Waals surface area contributed by atoms with Crippen molar-refractivity contribution in [3.63, 3.8) is 0 Å². The van der Waals surface area contributed by atoms with Gasteiger partial charge in [0.25, 0.3) is 0 Å². The molecule has 1 fully saturated rings. The fourth-order valence-electron chi connectivity index (χ4n) is 2.79. The average Bonchev–Trinajstić information content (AvgIpc) is 2.94. The molecule has 2 amide bonds. The number of likely N-dealkylation sites (N-methyl/N-ethyl adjacent to an activating group) is 1. The molecule has 1 aliphatic heterocycles. The van der Waals surface area contributed by atoms with Crippen LogP contribution in [0.5, 0.6) is 0 Å². The van der Waals surface area contributed by atoms with Gasteiger partial charge >= 0.3 is 11.8 Å². The topological polar surface area (TPSA) is 86.8 Å². The number of anilines is 1. The summed E-state index contributed by atoms with van der Waals surface area (Å²) in [4.78, 5) is 29.4. The van der Waals surface area contributed by atoms with Gasteiger partial charge in [0.2, 0.25) is 0 Å². The Bertz CT molecular complexity index is 765. The third kappa shape index (κ3) is 5.72. The second kappa shape index (κ2) is 8.88. The first-order chi connectivity index (χ1) is 12.2. The first kappa shape index (κ1) is 20.7. The van der Waals surface area contributed by atoms with Crippen molar-refractivity contribution in [3.8, 4) is 0 Å². The van der Waals surface area contributed by atoms with Crippen LogP contribution in [0.2, 0.25) is 0 Å². The minimum Gasteiger partial charge on any atom is -0.329 e. The molecule has 26 heavy (non-hydrogen) atoms. The lowest BCUT2D eigenvalue weighted by Gasteiger charge is -2.28. The summed E-state index contributed by atoms with van der Waals surface area (Å²) in [6, 6.07) is 6.78. The van der Waals surface area contributed by atoms with Crippen molar-refractivity contribution in [2.24, 2.45) is 0 Å². The van der Waals surface area contributed by atoms with Gasteiger partial charge in [-0.1, -0.05) is 6.07 Å². The Balaban J connectivity index is 2.12. The van der Waals surface area contributed by atoms with Gasteiger partial charge < -0.3 is 15.1 Å². The van der Waals surface area contributed by atoms with E-state index in [9.17, 15) is 18.0 Å². The van der Waals surface area contributed by atoms with Crippen molar-refractivity contribution >= 4 is 39.1 Å². The molecule has 1 atom stereocenters. The molecule has 1 N–H and O–H groups in total. The van der Waals surface area contributed by atoms with Crippen LogP contribution in [-0.4, -0.2) is 81.0 Å². The molecule has 0 saturated carbocycles. The molecular weight excluding hydrogens is 374 g/mol. The van der Waals surface area contributed by atoms with Gasteiger partial charge in [-0.3, -0.25) is 9.59 Å². The Morgan fingerprint density at radius 3 is 2.58 bits per heavy atom. The van der Waals surface area contributed by atoms with Crippen LogP contribution >= 0.6 is 11.8 Å². The molecule has 0 aliphatic carbocycles. The van der Waals surface area contributed by atoms with Gasteiger partial charge in [0.05, 0.1) is 11.5 Å². The zero-order chi connectivity index (χ0) is 19.3. The molecule has 144 valence electrons. The maximum absolute atomic E-state index is 12.7. The van der Waals surface area contributed by atoms with E-state index in [1.807, 2.05) is 31.3 Å². The Labute approximate surface area is 159 Å². The SMILES string of the molecule is CSc1cccc(NC(=O)C(=O)N(CCN(C)C)C2CCS(=O)(=O)C2)c1. The van der Waals surface area contributed by atoms with Crippen molar-refractivity contribution in [2.75, 3.05) is 50.3 Å². The number of nitrogens with one attached hydrogen (secondary N) is 1. The summed E-state index contributed by atoms with van der Waals surface area (Å²) >= 11 is 1.54. The van der Waals surface area contributed by atoms with E-state index >= 15 is 0 Å². The zero-order valence-electron chi connectivity index (χ0n) is 15.3. The molecule has 1 aliphatic rings. The molecule has 1 heterocycles. The summed E-state index contributed by atoms with van der Waals surface area (Å²) in [6.45, 7) is 0.863. The summed E-state index contributed by atoms with van der Waals surface area (Å²) in [5, 5.41) is 2.62. The highest BCUT2D eigenvalue weighted by molar-refractivity contribution is 7.98. The number of thioether (sulfide) groups is 1. The molecule has 1 aromatic carbocycles. The Morgan fingerprint density at radius 2 is 2.00 bits per heavy atom. The lowest BCUT2D eigenvalue weighted by molar-refractivity contribution is -0.144. The standard InChI is InChI=1S/C17H25N3O4S2/c1-19(2)8-9-20(14-7-10-26(23,24)12-14)17(22)16(21)18-13-5-4-6-15(11-13)25-3/h4-6,11,14H,7-10,12H2,1-3H3,(H,18,21). The number of rotatable bonds is 6. The Morgan fingerprint density at radius 1 is 1.27 bits per heavy atom. The number of sulfone groups is 1. The van der Waals surface area contributed by atoms with Gasteiger partial charge in [-0.2, -0.15) is 0 Å². The van der Waals surface area contributed by atoms with Crippen LogP contribution in [0.4, 0.5) is 5.69 Å². The molecule has 1 aromatic rings. The summed E-state index contributed by atoms with van der Waals surface area (Å²) in [7, 11) is 0.578. The van der Waals surface area contributed by atoms with Gasteiger partial charge in [0.1, 0.15) is 0 Å². The predicted octanol–water partition coefficient (Wildman–Crippen LogP) is 0.924. The lowest BCUT2D eigenvalue weighted by Crippen LogP contribution is -2.48. The van der Waals surface area contributed by atoms with Gasteiger partial charge in [-0.25, -0.2) is 8.42 Å². The van der Waals surface area contributed by atoms with Gasteiger partial charge in [-0.05, 0) is 45.0 Å². The zero-order valence-corrected chi connectivity index (χ0v) is 16.9. The minimum absolute atomic E-state index is 0.0563. The first-order valence-corrected chi connectivity index (χ1v) is 11.4. The van der Waals surface area contributed by atoms with E-state index in [1.54, 1.807) is 18.2 Å². The number of carbonyl (C=O) groups is 2. The van der Waals surface area contributed by atoms with Crippen LogP contribution in [-0.2, 0) is 19.4 Å². The smallest absolute Gasteiger partial charge is 0.313 e. The maximum Gasteiger partial charge on any atom is 0.313 e. The van der Waals surface area contributed by atoms with E-state index < -0.39 is 27.7 Å². The number of hydrogen-bond acceptors (Lipinski definition) is 6. The second-order valence-electron chi connectivity index (χ2n) is 6.54. The summed E-state index contributed by atoms with van der Waals surface area (Å²) < 4.78 is 23.6. The second-order valence-corrected chi connectivity index (χ2v) is 9.65. The third-order valence-electron chi connectivity index (χ3n) is 4.22. The fraction of sp³-hybridized carbons (Fsp3) is 0.529. The maximum atomic E-state index is 12.7. The van der Waals surface area contributed by atoms with Crippen LogP contribution in [0.15, 0.2) is 29.2 Å². The average molecular weight is 400 g/mol. The van der Waals surface area contributed by atoms with Crippen LogP contribution in [0.3, 0.4) is 0 Å². The summed E-state index contributed by atoms with van der Waals surface area (Å²) in [6.07, 6.45) is 2.30. The Kier molecular flexibility index (Phi) is 7.08. The number of carbonyl (C=O) groups excluding carboxylic acids is 2. The third-order valence-corrected chi connectivity index (χ3v) is 6.70. The van der Waals surface area contributed by atoms with Crippen molar-refractivity contribution in [2.45, 2.75) is 17.4 Å². The molecular formula is C17H25N3O4S2. The Hall–Kier alpha value is -1.58. The summed E-state index contributed by atoms with van der Waals surface area (Å²) in [5.74, 6) is -1.46. The normalized spacial score (nSPS) is 18.7. The minimum atomic E-state index is -3.15. The lowest BCUT2D eigenvalue weighted by atomic mass is 10.2. The van der Waals surface area contributed by atoms with Crippen molar-refractivity contribution in [3.05, 3.63) is 24.3 Å². The van der Waals surface area contributed by atoms with Crippen LogP contribution < -0.4 is 5.32 Å². The number of nitrogens with zero attached hydrogens (tertiary/aromatic N) is 2. The van der Waals surface area contributed by atoms with E-state index in [-0.39, 0.29) is 11.5 Å². The van der Waals surface area contributed by atoms with Gasteiger partial charge in [0.15, 0.2) is 9.84 Å². The predicted molar refractivity (Wildman–Crippen MR) is 104 cm³/mol. The molecule has 2 rings (SSSR count). The molecule has 0 radical (unpaired) electrons. The quantitative estimate of drug-likeness (QED) is 0.566. The molecule has 9 heteroatoms. The highest BCUT2D eigenvalue weighted by Crippen LogP contribution is 2.20. The molecule has 1 saturated heterocycles. The summed E-state index contributed by atoms with van der Waals surface area (Å²) in [5.41, 5.74) is 0.543. The molecule has 0 aromatic heterocycles. The van der Waals surface area contributed by atoms with Crippen molar-refractivity contribution in [1.29, 1.82) is 0 Å². The van der Waals surface area contributed by atoms with Crippen molar-refractivity contribution < 1.29 is 18.0 Å². The highest BCUT2D eigenvalue weighted by atomic mass is 32.2. The number of hydrogen-bond donors (Lipinski definition) is 1. The number of amides is 2. The van der Waals surface area contributed by atoms with E-state index in [0.717, 1.165) is 4.90 Å². The fourth-order valence-corrected chi connectivity index (χ4v) is 4.98. The molecule has 0 bridgehead atoms. The van der Waals surface area contributed by atoms with E-state index in [2.05, 4.69) is 5.32 Å². The van der Waals surface area contributed by atoms with E-state index in [1.165, 1.54) is 16.7 Å². The largest absolute Gasteiger partial charge is 0.329 e. The van der Waals surface area contributed by atoms with E-state index in [0.29, 0.717) is 25.2 Å². The number of benzene rings is 1. The first-order valence-electron chi connectivity index (χ1n) is 8.33. The molecule has 7 nitrogen and oxygen atoms in total. The van der Waals surface area contributed by atoms with Crippen LogP contribution in [0, 0.1) is 0 Å². The highest BCUT2D eigenvalue weighted by Gasteiger charge is 2.36. The molecule has 0 spiro atoms. The van der Waals surface area contributed by atoms with Crippen LogP contribution in [0.25, 0.3) is 0 Å². The van der Waals surface area contributed by atoms with Gasteiger partial charge in [0, 0.05) is 29.7 Å². The van der Waals surface area contributed by atoms with Crippen LogP contribution in [0.1, 0.15) is 6.42 Å². The van der Waals surface area contributed by atoms with Crippen molar-refractivity contribution in [1.82, 2.24) is 9.80 Å². The van der Waals surface area contributed by atoms with Gasteiger partial charge in [-0.15, -0.1) is 11.8 Å².